The van der Waals surface area contributed by atoms with Crippen molar-refractivity contribution in [3.63, 3.8) is 0 Å². The van der Waals surface area contributed by atoms with Gasteiger partial charge in [-0.1, -0.05) is 35.8 Å². The molecule has 0 aliphatic heterocycles. The molecule has 3 rings (SSSR count). The number of halogens is 1. The van der Waals surface area contributed by atoms with Crippen molar-refractivity contribution >= 4 is 11.6 Å². The first-order valence-electron chi connectivity index (χ1n) is 8.23. The Balaban J connectivity index is 2.21. The van der Waals surface area contributed by atoms with Crippen molar-refractivity contribution in [2.75, 3.05) is 13.7 Å². The van der Waals surface area contributed by atoms with Crippen LogP contribution in [0.5, 0.6) is 17.2 Å². The van der Waals surface area contributed by atoms with E-state index in [1.54, 1.807) is 31.4 Å². The molecule has 0 amide bonds. The minimum atomic E-state index is -1.07. The van der Waals surface area contributed by atoms with E-state index in [9.17, 15) is 15.3 Å². The van der Waals surface area contributed by atoms with Crippen LogP contribution in [0.1, 0.15) is 18.8 Å². The first-order chi connectivity index (χ1) is 13.0. The summed E-state index contributed by atoms with van der Waals surface area (Å²) in [5, 5.41) is 37.3. The van der Waals surface area contributed by atoms with E-state index in [2.05, 4.69) is 10.5 Å². The van der Waals surface area contributed by atoms with Crippen LogP contribution in [0, 0.1) is 0 Å². The SMILES string of the molecule is CCNC(O)c1noc(-c2cc(Cl)c(O)cc2O)c1-c1ccc(OC)cc1. The van der Waals surface area contributed by atoms with Crippen LogP contribution < -0.4 is 10.1 Å². The Morgan fingerprint density at radius 2 is 1.89 bits per heavy atom. The Labute approximate surface area is 160 Å². The van der Waals surface area contributed by atoms with Gasteiger partial charge in [-0.25, -0.2) is 0 Å². The highest BCUT2D eigenvalue weighted by atomic mass is 35.5. The summed E-state index contributed by atoms with van der Waals surface area (Å²) in [6, 6.07) is 9.60. The van der Waals surface area contributed by atoms with Gasteiger partial charge in [-0.2, -0.15) is 0 Å². The monoisotopic (exact) mass is 390 g/mol. The minimum absolute atomic E-state index is 0.0497. The molecule has 8 heteroatoms. The van der Waals surface area contributed by atoms with Gasteiger partial charge in [0.25, 0.3) is 0 Å². The summed E-state index contributed by atoms with van der Waals surface area (Å²) in [4.78, 5) is 0. The average Bonchev–Trinajstić information content (AvgIpc) is 3.10. The number of aromatic nitrogens is 1. The molecule has 0 spiro atoms. The zero-order valence-electron chi connectivity index (χ0n) is 14.7. The third-order valence-corrected chi connectivity index (χ3v) is 4.37. The first-order valence-corrected chi connectivity index (χ1v) is 8.61. The number of methoxy groups -OCH3 is 1. The normalized spacial score (nSPS) is 12.1. The number of nitrogens with one attached hydrogen (secondary N) is 1. The van der Waals surface area contributed by atoms with Gasteiger partial charge < -0.3 is 24.6 Å². The van der Waals surface area contributed by atoms with Gasteiger partial charge in [-0.05, 0) is 30.3 Å². The Morgan fingerprint density at radius 3 is 2.52 bits per heavy atom. The van der Waals surface area contributed by atoms with E-state index < -0.39 is 6.23 Å². The summed E-state index contributed by atoms with van der Waals surface area (Å²) in [6.07, 6.45) is -1.07. The van der Waals surface area contributed by atoms with Crippen LogP contribution in [0.4, 0.5) is 0 Å². The molecule has 7 nitrogen and oxygen atoms in total. The number of phenolic OH excluding ortho intramolecular Hbond substituents is 2. The fraction of sp³-hybridized carbons (Fsp3) is 0.211. The molecule has 142 valence electrons. The number of hydrogen-bond acceptors (Lipinski definition) is 7. The maximum atomic E-state index is 10.4. The standard InChI is InChI=1S/C19H19ClN2O5/c1-3-21-19(25)17-16(10-4-6-11(26-2)7-5-10)18(27-22-17)12-8-13(20)15(24)9-14(12)23/h4-9,19,21,23-25H,3H2,1-2H3. The molecule has 3 aromatic rings. The van der Waals surface area contributed by atoms with Crippen LogP contribution >= 0.6 is 11.6 Å². The molecular weight excluding hydrogens is 372 g/mol. The fourth-order valence-corrected chi connectivity index (χ4v) is 2.90. The molecule has 0 saturated heterocycles. The molecular formula is C19H19ClN2O5. The quantitative estimate of drug-likeness (QED) is 0.475. The lowest BCUT2D eigenvalue weighted by molar-refractivity contribution is 0.133. The van der Waals surface area contributed by atoms with Crippen LogP contribution in [0.25, 0.3) is 22.5 Å². The van der Waals surface area contributed by atoms with E-state index >= 15 is 0 Å². The van der Waals surface area contributed by atoms with Crippen molar-refractivity contribution in [1.82, 2.24) is 10.5 Å². The highest BCUT2D eigenvalue weighted by molar-refractivity contribution is 6.32. The van der Waals surface area contributed by atoms with E-state index in [4.69, 9.17) is 20.9 Å². The molecule has 0 bridgehead atoms. The van der Waals surface area contributed by atoms with Crippen LogP contribution in [-0.2, 0) is 0 Å². The van der Waals surface area contributed by atoms with Gasteiger partial charge in [0.2, 0.25) is 0 Å². The number of hydrogen-bond donors (Lipinski definition) is 4. The molecule has 1 atom stereocenters. The fourth-order valence-electron chi connectivity index (χ4n) is 2.73. The first kappa shape index (κ1) is 19.0. The lowest BCUT2D eigenvalue weighted by Gasteiger charge is -2.12. The van der Waals surface area contributed by atoms with E-state index in [0.29, 0.717) is 23.4 Å². The topological polar surface area (TPSA) is 108 Å². The Bertz CT molecular complexity index is 940. The molecule has 27 heavy (non-hydrogen) atoms. The lowest BCUT2D eigenvalue weighted by Crippen LogP contribution is -2.21. The van der Waals surface area contributed by atoms with Crippen LogP contribution in [-0.4, -0.2) is 34.1 Å². The van der Waals surface area contributed by atoms with Crippen LogP contribution in [0.15, 0.2) is 40.9 Å². The van der Waals surface area contributed by atoms with E-state index in [1.807, 2.05) is 6.92 Å². The summed E-state index contributed by atoms with van der Waals surface area (Å²) in [6.45, 7) is 2.37. The molecule has 1 aromatic heterocycles. The number of rotatable bonds is 6. The van der Waals surface area contributed by atoms with Gasteiger partial charge in [0.05, 0.1) is 23.3 Å². The molecule has 4 N–H and O–H groups in total. The van der Waals surface area contributed by atoms with Crippen molar-refractivity contribution in [1.29, 1.82) is 0 Å². The van der Waals surface area contributed by atoms with Crippen molar-refractivity contribution < 1.29 is 24.6 Å². The van der Waals surface area contributed by atoms with Gasteiger partial charge in [-0.3, -0.25) is 5.32 Å². The van der Waals surface area contributed by atoms with Crippen molar-refractivity contribution in [2.24, 2.45) is 0 Å². The molecule has 0 fully saturated rings. The molecule has 1 unspecified atom stereocenters. The zero-order valence-corrected chi connectivity index (χ0v) is 15.5. The number of aliphatic hydroxyl groups excluding tert-OH is 1. The molecule has 0 radical (unpaired) electrons. The largest absolute Gasteiger partial charge is 0.507 e. The molecule has 1 heterocycles. The predicted molar refractivity (Wildman–Crippen MR) is 101 cm³/mol. The minimum Gasteiger partial charge on any atom is -0.507 e. The van der Waals surface area contributed by atoms with Crippen molar-refractivity contribution in [2.45, 2.75) is 13.2 Å². The van der Waals surface area contributed by atoms with Gasteiger partial charge >= 0.3 is 0 Å². The highest BCUT2D eigenvalue weighted by Crippen LogP contribution is 2.43. The van der Waals surface area contributed by atoms with E-state index in [1.165, 1.54) is 6.07 Å². The maximum Gasteiger partial charge on any atom is 0.178 e. The zero-order chi connectivity index (χ0) is 19.6. The van der Waals surface area contributed by atoms with Crippen molar-refractivity contribution in [3.05, 3.63) is 47.1 Å². The summed E-state index contributed by atoms with van der Waals surface area (Å²) in [5.41, 5.74) is 1.69. The van der Waals surface area contributed by atoms with Gasteiger partial charge in [-0.15, -0.1) is 0 Å². The molecule has 2 aromatic carbocycles. The third-order valence-electron chi connectivity index (χ3n) is 4.06. The average molecular weight is 391 g/mol. The summed E-state index contributed by atoms with van der Waals surface area (Å²) < 4.78 is 10.6. The molecule has 0 aliphatic rings. The smallest absolute Gasteiger partial charge is 0.178 e. The van der Waals surface area contributed by atoms with Gasteiger partial charge in [0, 0.05) is 6.07 Å². The number of aromatic hydroxyl groups is 2. The number of aliphatic hydroxyl groups is 1. The lowest BCUT2D eigenvalue weighted by atomic mass is 9.98. The summed E-state index contributed by atoms with van der Waals surface area (Å²) in [7, 11) is 1.57. The number of nitrogens with zero attached hydrogens (tertiary/aromatic N) is 1. The van der Waals surface area contributed by atoms with Crippen molar-refractivity contribution in [3.8, 4) is 39.7 Å². The maximum absolute atomic E-state index is 10.4. The van der Waals surface area contributed by atoms with Gasteiger partial charge in [0.1, 0.15) is 22.9 Å². The third kappa shape index (κ3) is 3.71. The Morgan fingerprint density at radius 1 is 1.19 bits per heavy atom. The number of benzene rings is 2. The van der Waals surface area contributed by atoms with Gasteiger partial charge in [0.15, 0.2) is 12.0 Å². The van der Waals surface area contributed by atoms with E-state index in [0.717, 1.165) is 6.07 Å². The predicted octanol–water partition coefficient (Wildman–Crippen LogP) is 3.68. The highest BCUT2D eigenvalue weighted by Gasteiger charge is 2.26. The Hall–Kier alpha value is -2.74. The number of ether oxygens (including phenoxy) is 1. The second kappa shape index (κ2) is 7.87. The van der Waals surface area contributed by atoms with Crippen LogP contribution in [0.2, 0.25) is 5.02 Å². The number of phenols is 2. The summed E-state index contributed by atoms with van der Waals surface area (Å²) >= 11 is 5.99. The molecule has 0 saturated carbocycles. The van der Waals surface area contributed by atoms with Crippen LogP contribution in [0.3, 0.4) is 0 Å². The van der Waals surface area contributed by atoms with E-state index in [-0.39, 0.29) is 33.5 Å². The molecule has 0 aliphatic carbocycles. The second-order valence-corrected chi connectivity index (χ2v) is 6.19. The second-order valence-electron chi connectivity index (χ2n) is 5.78. The Kier molecular flexibility index (Phi) is 5.55. The summed E-state index contributed by atoms with van der Waals surface area (Å²) in [5.74, 6) is 0.399.